The number of aliphatic imine (C=N–C) groups is 1. The van der Waals surface area contributed by atoms with Gasteiger partial charge in [0.25, 0.3) is 0 Å². The van der Waals surface area contributed by atoms with Crippen molar-refractivity contribution < 1.29 is 0 Å². The standard InChI is InChI=1S/C14H16N2/c1-11-6-7-12(2)14(9-11)15-10-13-5-4-8-16(13)3/h4-10H,1-3H3. The summed E-state index contributed by atoms with van der Waals surface area (Å²) < 4.78 is 2.05. The molecule has 2 rings (SSSR count). The molecule has 82 valence electrons. The summed E-state index contributed by atoms with van der Waals surface area (Å²) >= 11 is 0. The summed E-state index contributed by atoms with van der Waals surface area (Å²) in [5.41, 5.74) is 4.60. The van der Waals surface area contributed by atoms with Crippen molar-refractivity contribution in [3.05, 3.63) is 53.3 Å². The summed E-state index contributed by atoms with van der Waals surface area (Å²) in [6.45, 7) is 4.16. The van der Waals surface area contributed by atoms with Gasteiger partial charge in [-0.2, -0.15) is 0 Å². The van der Waals surface area contributed by atoms with Crippen molar-refractivity contribution in [2.75, 3.05) is 0 Å². The highest BCUT2D eigenvalue weighted by Gasteiger charge is 1.96. The summed E-state index contributed by atoms with van der Waals surface area (Å²) in [5.74, 6) is 0. The Morgan fingerprint density at radius 3 is 2.69 bits per heavy atom. The topological polar surface area (TPSA) is 17.3 Å². The number of hydrogen-bond acceptors (Lipinski definition) is 1. The fraction of sp³-hybridized carbons (Fsp3) is 0.214. The van der Waals surface area contributed by atoms with Gasteiger partial charge in [-0.3, -0.25) is 4.99 Å². The molecule has 16 heavy (non-hydrogen) atoms. The van der Waals surface area contributed by atoms with E-state index < -0.39 is 0 Å². The summed E-state index contributed by atoms with van der Waals surface area (Å²) in [5, 5.41) is 0. The molecule has 1 aromatic heterocycles. The molecule has 0 aliphatic carbocycles. The van der Waals surface area contributed by atoms with Crippen LogP contribution in [0.25, 0.3) is 0 Å². The van der Waals surface area contributed by atoms with E-state index in [1.165, 1.54) is 11.1 Å². The average molecular weight is 212 g/mol. The number of benzene rings is 1. The van der Waals surface area contributed by atoms with E-state index in [4.69, 9.17) is 0 Å². The Balaban J connectivity index is 2.30. The van der Waals surface area contributed by atoms with Crippen molar-refractivity contribution in [3.8, 4) is 0 Å². The third-order valence-electron chi connectivity index (χ3n) is 2.68. The summed E-state index contributed by atoms with van der Waals surface area (Å²) in [7, 11) is 2.02. The molecule has 0 radical (unpaired) electrons. The fourth-order valence-electron chi connectivity index (χ4n) is 1.60. The molecule has 2 aromatic rings. The zero-order valence-corrected chi connectivity index (χ0v) is 9.94. The van der Waals surface area contributed by atoms with Gasteiger partial charge in [-0.1, -0.05) is 12.1 Å². The van der Waals surface area contributed by atoms with Crippen LogP contribution in [-0.4, -0.2) is 10.8 Å². The van der Waals surface area contributed by atoms with Crippen molar-refractivity contribution in [2.24, 2.45) is 12.0 Å². The first-order valence-corrected chi connectivity index (χ1v) is 5.39. The van der Waals surface area contributed by atoms with Crippen molar-refractivity contribution in [1.82, 2.24) is 4.57 Å². The van der Waals surface area contributed by atoms with Gasteiger partial charge in [-0.05, 0) is 43.2 Å². The maximum atomic E-state index is 4.52. The van der Waals surface area contributed by atoms with Gasteiger partial charge in [-0.25, -0.2) is 0 Å². The second-order valence-electron chi connectivity index (χ2n) is 4.09. The molecule has 0 aliphatic rings. The first kappa shape index (κ1) is 10.7. The Bertz CT molecular complexity index is 521. The summed E-state index contributed by atoms with van der Waals surface area (Å²) in [4.78, 5) is 4.52. The lowest BCUT2D eigenvalue weighted by atomic mass is 10.1. The first-order chi connectivity index (χ1) is 7.66. The number of hydrogen-bond donors (Lipinski definition) is 0. The Hall–Kier alpha value is -1.83. The monoisotopic (exact) mass is 212 g/mol. The van der Waals surface area contributed by atoms with Crippen LogP contribution >= 0.6 is 0 Å². The number of aromatic nitrogens is 1. The van der Waals surface area contributed by atoms with Crippen LogP contribution in [0, 0.1) is 13.8 Å². The minimum Gasteiger partial charge on any atom is -0.350 e. The third kappa shape index (κ3) is 2.22. The molecule has 1 aromatic carbocycles. The van der Waals surface area contributed by atoms with Crippen molar-refractivity contribution >= 4 is 11.9 Å². The van der Waals surface area contributed by atoms with Gasteiger partial charge in [0.05, 0.1) is 17.6 Å². The molecule has 1 heterocycles. The first-order valence-electron chi connectivity index (χ1n) is 5.39. The highest BCUT2D eigenvalue weighted by molar-refractivity contribution is 5.80. The predicted molar refractivity (Wildman–Crippen MR) is 68.6 cm³/mol. The molecule has 0 amide bonds. The summed E-state index contributed by atoms with van der Waals surface area (Å²) in [6, 6.07) is 10.4. The second kappa shape index (κ2) is 4.35. The normalized spacial score (nSPS) is 11.2. The van der Waals surface area contributed by atoms with E-state index in [1.54, 1.807) is 0 Å². The van der Waals surface area contributed by atoms with Crippen LogP contribution in [0.1, 0.15) is 16.8 Å². The lowest BCUT2D eigenvalue weighted by Crippen LogP contribution is -1.92. The molecule has 0 fully saturated rings. The van der Waals surface area contributed by atoms with Crippen LogP contribution in [0.4, 0.5) is 5.69 Å². The van der Waals surface area contributed by atoms with Crippen LogP contribution in [0.3, 0.4) is 0 Å². The predicted octanol–water partition coefficient (Wildman–Crippen LogP) is 3.39. The minimum atomic E-state index is 1.04. The molecular formula is C14H16N2. The summed E-state index contributed by atoms with van der Waals surface area (Å²) in [6.07, 6.45) is 3.92. The highest BCUT2D eigenvalue weighted by Crippen LogP contribution is 2.19. The molecule has 0 unspecified atom stereocenters. The highest BCUT2D eigenvalue weighted by atomic mass is 14.9. The number of aryl methyl sites for hydroxylation is 3. The molecule has 0 saturated heterocycles. The smallest absolute Gasteiger partial charge is 0.0662 e. The Kier molecular flexibility index (Phi) is 2.91. The van der Waals surface area contributed by atoms with Crippen LogP contribution in [0.5, 0.6) is 0 Å². The van der Waals surface area contributed by atoms with Gasteiger partial charge in [0.15, 0.2) is 0 Å². The average Bonchev–Trinajstić information content (AvgIpc) is 2.66. The molecule has 2 heteroatoms. The van der Waals surface area contributed by atoms with E-state index in [-0.39, 0.29) is 0 Å². The SMILES string of the molecule is Cc1ccc(C)c(N=Cc2cccn2C)c1. The van der Waals surface area contributed by atoms with Crippen LogP contribution < -0.4 is 0 Å². The molecule has 0 N–H and O–H groups in total. The Labute approximate surface area is 96.3 Å². The molecule has 0 bridgehead atoms. The lowest BCUT2D eigenvalue weighted by Gasteiger charge is -2.01. The van der Waals surface area contributed by atoms with Gasteiger partial charge < -0.3 is 4.57 Å². The molecule has 2 nitrogen and oxygen atoms in total. The van der Waals surface area contributed by atoms with E-state index in [9.17, 15) is 0 Å². The second-order valence-corrected chi connectivity index (χ2v) is 4.09. The van der Waals surface area contributed by atoms with Gasteiger partial charge in [0.2, 0.25) is 0 Å². The maximum Gasteiger partial charge on any atom is 0.0662 e. The number of nitrogens with zero attached hydrogens (tertiary/aromatic N) is 2. The van der Waals surface area contributed by atoms with Crippen LogP contribution in [-0.2, 0) is 7.05 Å². The van der Waals surface area contributed by atoms with Crippen LogP contribution in [0.15, 0.2) is 41.5 Å². The Morgan fingerprint density at radius 2 is 2.00 bits per heavy atom. The van der Waals surface area contributed by atoms with E-state index in [2.05, 4.69) is 47.7 Å². The molecule has 0 saturated carbocycles. The van der Waals surface area contributed by atoms with Crippen LogP contribution in [0.2, 0.25) is 0 Å². The van der Waals surface area contributed by atoms with E-state index in [0.717, 1.165) is 11.4 Å². The van der Waals surface area contributed by atoms with Crippen molar-refractivity contribution in [2.45, 2.75) is 13.8 Å². The zero-order valence-electron chi connectivity index (χ0n) is 9.94. The quantitative estimate of drug-likeness (QED) is 0.679. The molecule has 0 atom stereocenters. The number of rotatable bonds is 2. The Morgan fingerprint density at radius 1 is 1.19 bits per heavy atom. The van der Waals surface area contributed by atoms with Gasteiger partial charge in [-0.15, -0.1) is 0 Å². The van der Waals surface area contributed by atoms with E-state index in [0.29, 0.717) is 0 Å². The zero-order chi connectivity index (χ0) is 11.5. The largest absolute Gasteiger partial charge is 0.350 e. The lowest BCUT2D eigenvalue weighted by molar-refractivity contribution is 0.918. The van der Waals surface area contributed by atoms with E-state index >= 15 is 0 Å². The molecule has 0 spiro atoms. The maximum absolute atomic E-state index is 4.52. The van der Waals surface area contributed by atoms with Gasteiger partial charge in [0, 0.05) is 13.2 Å². The third-order valence-corrected chi connectivity index (χ3v) is 2.68. The van der Waals surface area contributed by atoms with Crippen molar-refractivity contribution in [3.63, 3.8) is 0 Å². The van der Waals surface area contributed by atoms with Gasteiger partial charge >= 0.3 is 0 Å². The minimum absolute atomic E-state index is 1.04. The fourth-order valence-corrected chi connectivity index (χ4v) is 1.60. The van der Waals surface area contributed by atoms with E-state index in [1.807, 2.05) is 25.5 Å². The van der Waals surface area contributed by atoms with Gasteiger partial charge in [0.1, 0.15) is 0 Å². The van der Waals surface area contributed by atoms with Crippen molar-refractivity contribution in [1.29, 1.82) is 0 Å². The molecular weight excluding hydrogens is 196 g/mol. The molecule has 0 aliphatic heterocycles.